The van der Waals surface area contributed by atoms with Crippen molar-refractivity contribution in [1.82, 2.24) is 5.32 Å². The summed E-state index contributed by atoms with van der Waals surface area (Å²) in [5, 5.41) is 3.45. The molecule has 0 heterocycles. The molecule has 0 aliphatic carbocycles. The zero-order chi connectivity index (χ0) is 11.3. The number of carbonyl (C=O) groups excluding carboxylic acids is 1. The van der Waals surface area contributed by atoms with E-state index in [1.54, 1.807) is 6.07 Å². The standard InChI is InChI=1S/C11H13BrClNO/c1-8(12)7-14-11(15)6-9-4-2-3-5-10(9)13/h2-5,8H,6-7H2,1H3,(H,14,15). The molecule has 1 aromatic rings. The van der Waals surface area contributed by atoms with Gasteiger partial charge in [-0.3, -0.25) is 4.79 Å². The van der Waals surface area contributed by atoms with Gasteiger partial charge in [0.2, 0.25) is 5.91 Å². The predicted octanol–water partition coefficient (Wildman–Crippen LogP) is 2.78. The Morgan fingerprint density at radius 2 is 2.20 bits per heavy atom. The SMILES string of the molecule is CC(Br)CNC(=O)Cc1ccccc1Cl. The average molecular weight is 291 g/mol. The maximum atomic E-state index is 11.5. The third-order valence-electron chi connectivity index (χ3n) is 1.89. The van der Waals surface area contributed by atoms with Crippen LogP contribution in [0.25, 0.3) is 0 Å². The van der Waals surface area contributed by atoms with Crippen molar-refractivity contribution in [2.24, 2.45) is 0 Å². The van der Waals surface area contributed by atoms with Crippen molar-refractivity contribution in [1.29, 1.82) is 0 Å². The van der Waals surface area contributed by atoms with Crippen molar-refractivity contribution in [2.75, 3.05) is 6.54 Å². The number of carbonyl (C=O) groups is 1. The smallest absolute Gasteiger partial charge is 0.224 e. The molecule has 0 aliphatic rings. The summed E-state index contributed by atoms with van der Waals surface area (Å²) >= 11 is 9.30. The number of benzene rings is 1. The van der Waals surface area contributed by atoms with Gasteiger partial charge in [-0.1, -0.05) is 52.7 Å². The lowest BCUT2D eigenvalue weighted by atomic mass is 10.1. The highest BCUT2D eigenvalue weighted by molar-refractivity contribution is 9.09. The molecule has 82 valence electrons. The largest absolute Gasteiger partial charge is 0.355 e. The summed E-state index contributed by atoms with van der Waals surface area (Å²) < 4.78 is 0. The van der Waals surface area contributed by atoms with Crippen molar-refractivity contribution >= 4 is 33.4 Å². The topological polar surface area (TPSA) is 29.1 Å². The highest BCUT2D eigenvalue weighted by Crippen LogP contribution is 2.15. The molecule has 4 heteroatoms. The van der Waals surface area contributed by atoms with E-state index in [4.69, 9.17) is 11.6 Å². The third-order valence-corrected chi connectivity index (χ3v) is 2.58. The molecule has 2 nitrogen and oxygen atoms in total. The number of alkyl halides is 1. The minimum Gasteiger partial charge on any atom is -0.355 e. The Morgan fingerprint density at radius 1 is 1.53 bits per heavy atom. The average Bonchev–Trinajstić information content (AvgIpc) is 2.18. The fourth-order valence-corrected chi connectivity index (χ4v) is 1.50. The van der Waals surface area contributed by atoms with Crippen LogP contribution in [0.5, 0.6) is 0 Å². The minimum absolute atomic E-state index is 0.00519. The Kier molecular flexibility index (Phi) is 5.12. The molecule has 0 spiro atoms. The molecule has 0 fully saturated rings. The van der Waals surface area contributed by atoms with Crippen LogP contribution < -0.4 is 5.32 Å². The van der Waals surface area contributed by atoms with Gasteiger partial charge in [-0.15, -0.1) is 0 Å². The van der Waals surface area contributed by atoms with Crippen LogP contribution in [-0.2, 0) is 11.2 Å². The van der Waals surface area contributed by atoms with Crippen LogP contribution in [0.2, 0.25) is 5.02 Å². The Morgan fingerprint density at radius 3 is 2.80 bits per heavy atom. The molecular formula is C11H13BrClNO. The first-order valence-electron chi connectivity index (χ1n) is 4.73. The van der Waals surface area contributed by atoms with Crippen molar-refractivity contribution in [3.63, 3.8) is 0 Å². The number of nitrogens with one attached hydrogen (secondary N) is 1. The monoisotopic (exact) mass is 289 g/mol. The van der Waals surface area contributed by atoms with E-state index in [2.05, 4.69) is 21.2 Å². The molecule has 1 aromatic carbocycles. The van der Waals surface area contributed by atoms with Gasteiger partial charge in [-0.2, -0.15) is 0 Å². The second kappa shape index (κ2) is 6.13. The van der Waals surface area contributed by atoms with E-state index >= 15 is 0 Å². The quantitative estimate of drug-likeness (QED) is 0.849. The summed E-state index contributed by atoms with van der Waals surface area (Å²) in [6.45, 7) is 2.61. The third kappa shape index (κ3) is 4.67. The first-order valence-corrected chi connectivity index (χ1v) is 6.03. The van der Waals surface area contributed by atoms with E-state index in [1.807, 2.05) is 25.1 Å². The fraction of sp³-hybridized carbons (Fsp3) is 0.364. The molecule has 0 aromatic heterocycles. The van der Waals surface area contributed by atoms with Crippen LogP contribution in [0.1, 0.15) is 12.5 Å². The van der Waals surface area contributed by atoms with Crippen molar-refractivity contribution in [3.8, 4) is 0 Å². The molecule has 0 saturated carbocycles. The lowest BCUT2D eigenvalue weighted by molar-refractivity contribution is -0.120. The van der Waals surface area contributed by atoms with Gasteiger partial charge in [0, 0.05) is 16.4 Å². The van der Waals surface area contributed by atoms with Gasteiger partial charge in [-0.05, 0) is 11.6 Å². The van der Waals surface area contributed by atoms with E-state index in [-0.39, 0.29) is 10.7 Å². The van der Waals surface area contributed by atoms with Gasteiger partial charge in [0.25, 0.3) is 0 Å². The van der Waals surface area contributed by atoms with Gasteiger partial charge in [0.15, 0.2) is 0 Å². The lowest BCUT2D eigenvalue weighted by Gasteiger charge is -2.07. The highest BCUT2D eigenvalue weighted by Gasteiger charge is 2.06. The van der Waals surface area contributed by atoms with E-state index in [0.29, 0.717) is 18.0 Å². The number of hydrogen-bond donors (Lipinski definition) is 1. The van der Waals surface area contributed by atoms with E-state index < -0.39 is 0 Å². The van der Waals surface area contributed by atoms with E-state index in [1.165, 1.54) is 0 Å². The van der Waals surface area contributed by atoms with Gasteiger partial charge >= 0.3 is 0 Å². The number of rotatable bonds is 4. The zero-order valence-corrected chi connectivity index (χ0v) is 10.8. The van der Waals surface area contributed by atoms with Crippen molar-refractivity contribution in [2.45, 2.75) is 18.2 Å². The number of amides is 1. The Hall–Kier alpha value is -0.540. The molecule has 1 N–H and O–H groups in total. The van der Waals surface area contributed by atoms with E-state index in [9.17, 15) is 4.79 Å². The summed E-state index contributed by atoms with van der Waals surface area (Å²) in [5.41, 5.74) is 0.860. The molecule has 0 radical (unpaired) electrons. The van der Waals surface area contributed by atoms with Crippen LogP contribution in [0, 0.1) is 0 Å². The molecule has 1 rings (SSSR count). The molecule has 1 atom stereocenters. The second-order valence-electron chi connectivity index (χ2n) is 3.35. The minimum atomic E-state index is -0.00519. The Balaban J connectivity index is 2.48. The Labute approximate surface area is 103 Å². The molecule has 1 unspecified atom stereocenters. The first-order chi connectivity index (χ1) is 7.09. The molecule has 0 aliphatic heterocycles. The van der Waals surface area contributed by atoms with Gasteiger partial charge < -0.3 is 5.32 Å². The maximum absolute atomic E-state index is 11.5. The second-order valence-corrected chi connectivity index (χ2v) is 5.32. The van der Waals surface area contributed by atoms with Crippen molar-refractivity contribution in [3.05, 3.63) is 34.9 Å². The summed E-state index contributed by atoms with van der Waals surface area (Å²) in [5.74, 6) is -0.00519. The Bertz CT molecular complexity index is 341. The number of halogens is 2. The van der Waals surface area contributed by atoms with Crippen molar-refractivity contribution < 1.29 is 4.79 Å². The molecular weight excluding hydrogens is 277 g/mol. The van der Waals surface area contributed by atoms with E-state index in [0.717, 1.165) is 5.56 Å². The summed E-state index contributed by atoms with van der Waals surface area (Å²) in [4.78, 5) is 11.8. The maximum Gasteiger partial charge on any atom is 0.224 e. The predicted molar refractivity (Wildman–Crippen MR) is 66.6 cm³/mol. The summed E-state index contributed by atoms with van der Waals surface area (Å²) in [7, 11) is 0. The van der Waals surface area contributed by atoms with Gasteiger partial charge in [0.1, 0.15) is 0 Å². The van der Waals surface area contributed by atoms with Crippen LogP contribution >= 0.6 is 27.5 Å². The summed E-state index contributed by atoms with van der Waals surface area (Å²) in [6, 6.07) is 7.38. The molecule has 0 bridgehead atoms. The molecule has 15 heavy (non-hydrogen) atoms. The van der Waals surface area contributed by atoms with Gasteiger partial charge in [-0.25, -0.2) is 0 Å². The van der Waals surface area contributed by atoms with Crippen LogP contribution in [0.15, 0.2) is 24.3 Å². The number of hydrogen-bond acceptors (Lipinski definition) is 1. The zero-order valence-electron chi connectivity index (χ0n) is 8.47. The lowest BCUT2D eigenvalue weighted by Crippen LogP contribution is -2.29. The highest BCUT2D eigenvalue weighted by atomic mass is 79.9. The summed E-state index contributed by atoms with van der Waals surface area (Å²) in [6.07, 6.45) is 0.333. The normalized spacial score (nSPS) is 12.2. The van der Waals surface area contributed by atoms with Crippen LogP contribution in [0.3, 0.4) is 0 Å². The van der Waals surface area contributed by atoms with Crippen LogP contribution in [0.4, 0.5) is 0 Å². The van der Waals surface area contributed by atoms with Gasteiger partial charge in [0.05, 0.1) is 6.42 Å². The molecule has 1 amide bonds. The van der Waals surface area contributed by atoms with Crippen LogP contribution in [-0.4, -0.2) is 17.3 Å². The fourth-order valence-electron chi connectivity index (χ4n) is 1.13. The first kappa shape index (κ1) is 12.5. The molecule has 0 saturated heterocycles.